The fourth-order valence-corrected chi connectivity index (χ4v) is 2.91. The van der Waals surface area contributed by atoms with Gasteiger partial charge in [0.2, 0.25) is 5.95 Å². The van der Waals surface area contributed by atoms with Crippen molar-refractivity contribution in [2.75, 3.05) is 5.32 Å². The summed E-state index contributed by atoms with van der Waals surface area (Å²) in [6.07, 6.45) is 1.52. The van der Waals surface area contributed by atoms with Crippen LogP contribution in [-0.2, 0) is 13.2 Å². The van der Waals surface area contributed by atoms with Crippen molar-refractivity contribution in [3.05, 3.63) is 95.2 Å². The van der Waals surface area contributed by atoms with Crippen molar-refractivity contribution >= 4 is 11.9 Å². The molecule has 7 nitrogen and oxygen atoms in total. The van der Waals surface area contributed by atoms with Gasteiger partial charge in [-0.25, -0.2) is 18.4 Å². The van der Waals surface area contributed by atoms with Crippen molar-refractivity contribution in [1.29, 1.82) is 0 Å². The van der Waals surface area contributed by atoms with Gasteiger partial charge >= 0.3 is 0 Å². The van der Waals surface area contributed by atoms with Crippen LogP contribution in [0.5, 0.6) is 5.75 Å². The third-order valence-electron chi connectivity index (χ3n) is 4.34. The molecule has 0 fully saturated rings. The van der Waals surface area contributed by atoms with Gasteiger partial charge in [-0.2, -0.15) is 0 Å². The zero-order chi connectivity index (χ0) is 21.8. The molecule has 0 saturated heterocycles. The van der Waals surface area contributed by atoms with Gasteiger partial charge in [0.05, 0.1) is 6.54 Å². The summed E-state index contributed by atoms with van der Waals surface area (Å²) in [7, 11) is 0. The fraction of sp³-hybridized carbons (Fsp3) is 0.136. The summed E-state index contributed by atoms with van der Waals surface area (Å²) in [5.41, 5.74) is 2.21. The van der Waals surface area contributed by atoms with E-state index >= 15 is 0 Å². The van der Waals surface area contributed by atoms with E-state index in [0.29, 0.717) is 12.3 Å². The highest BCUT2D eigenvalue weighted by Crippen LogP contribution is 2.20. The lowest BCUT2D eigenvalue weighted by molar-refractivity contribution is 0.0991. The molecule has 1 amide bonds. The van der Waals surface area contributed by atoms with Gasteiger partial charge < -0.3 is 9.15 Å². The van der Waals surface area contributed by atoms with Gasteiger partial charge in [-0.3, -0.25) is 10.1 Å². The third kappa shape index (κ3) is 5.13. The zero-order valence-corrected chi connectivity index (χ0v) is 16.5. The Hall–Kier alpha value is -4.01. The highest BCUT2D eigenvalue weighted by molar-refractivity contribution is 6.01. The Labute approximate surface area is 176 Å². The number of carbonyl (C=O) groups excluding carboxylic acids is 1. The molecule has 31 heavy (non-hydrogen) atoms. The molecular formula is C22H18F2N4O3. The standard InChI is InChI=1S/C22H18F2N4O3/c1-14-3-2-4-15(9-14)11-28-13-25-22(27-28)26-21(29)20-8-6-17(31-20)12-30-19-7-5-16(23)10-18(19)24/h2-10,13H,11-12H2,1H3,(H,26,27,29). The number of rotatable bonds is 7. The van der Waals surface area contributed by atoms with E-state index in [0.717, 1.165) is 23.3 Å². The van der Waals surface area contributed by atoms with E-state index in [4.69, 9.17) is 9.15 Å². The number of nitrogens with zero attached hydrogens (tertiary/aromatic N) is 3. The van der Waals surface area contributed by atoms with E-state index < -0.39 is 17.5 Å². The number of hydrogen-bond acceptors (Lipinski definition) is 5. The largest absolute Gasteiger partial charge is 0.483 e. The van der Waals surface area contributed by atoms with E-state index in [-0.39, 0.29) is 24.1 Å². The molecule has 2 aromatic heterocycles. The Balaban J connectivity index is 1.34. The van der Waals surface area contributed by atoms with E-state index in [1.807, 2.05) is 31.2 Å². The van der Waals surface area contributed by atoms with Gasteiger partial charge in [-0.1, -0.05) is 29.8 Å². The quantitative estimate of drug-likeness (QED) is 0.477. The summed E-state index contributed by atoms with van der Waals surface area (Å²) in [5, 5.41) is 6.80. The van der Waals surface area contributed by atoms with Crippen LogP contribution in [-0.4, -0.2) is 20.7 Å². The molecule has 4 aromatic rings. The molecule has 0 aliphatic rings. The summed E-state index contributed by atoms with van der Waals surface area (Å²) in [4.78, 5) is 16.4. The molecule has 0 aliphatic heterocycles. The number of halogens is 2. The van der Waals surface area contributed by atoms with Crippen molar-refractivity contribution in [1.82, 2.24) is 14.8 Å². The smallest absolute Gasteiger partial charge is 0.293 e. The Morgan fingerprint density at radius 1 is 1.16 bits per heavy atom. The minimum atomic E-state index is -0.822. The Morgan fingerprint density at radius 2 is 2.03 bits per heavy atom. The zero-order valence-electron chi connectivity index (χ0n) is 16.5. The lowest BCUT2D eigenvalue weighted by Crippen LogP contribution is -2.12. The lowest BCUT2D eigenvalue weighted by atomic mass is 10.1. The summed E-state index contributed by atoms with van der Waals surface area (Å²) in [5.74, 6) is -1.71. The molecule has 0 spiro atoms. The number of benzene rings is 2. The van der Waals surface area contributed by atoms with Crippen LogP contribution in [0.25, 0.3) is 0 Å². The second-order valence-electron chi connectivity index (χ2n) is 6.84. The number of carbonyl (C=O) groups is 1. The minimum absolute atomic E-state index is 0.0215. The SMILES string of the molecule is Cc1cccc(Cn2cnc(NC(=O)c3ccc(COc4ccc(F)cc4F)o3)n2)c1. The second-order valence-corrected chi connectivity index (χ2v) is 6.84. The average Bonchev–Trinajstić information content (AvgIpc) is 3.37. The number of amides is 1. The van der Waals surface area contributed by atoms with Gasteiger partial charge in [0, 0.05) is 6.07 Å². The molecule has 0 bridgehead atoms. The van der Waals surface area contributed by atoms with Gasteiger partial charge in [-0.15, -0.1) is 5.10 Å². The highest BCUT2D eigenvalue weighted by atomic mass is 19.1. The molecule has 9 heteroatoms. The molecular weight excluding hydrogens is 406 g/mol. The first kappa shape index (κ1) is 20.3. The maximum Gasteiger partial charge on any atom is 0.293 e. The first-order chi connectivity index (χ1) is 15.0. The summed E-state index contributed by atoms with van der Waals surface area (Å²) >= 11 is 0. The van der Waals surface area contributed by atoms with Crippen molar-refractivity contribution in [2.45, 2.75) is 20.1 Å². The number of nitrogens with one attached hydrogen (secondary N) is 1. The number of aromatic nitrogens is 3. The maximum absolute atomic E-state index is 13.6. The number of anilines is 1. The molecule has 158 valence electrons. The van der Waals surface area contributed by atoms with E-state index in [1.165, 1.54) is 24.5 Å². The third-order valence-corrected chi connectivity index (χ3v) is 4.34. The monoisotopic (exact) mass is 424 g/mol. The molecule has 4 rings (SSSR count). The van der Waals surface area contributed by atoms with Crippen LogP contribution in [0.15, 0.2) is 65.3 Å². The molecule has 0 unspecified atom stereocenters. The van der Waals surface area contributed by atoms with Gasteiger partial charge in [0.25, 0.3) is 5.91 Å². The molecule has 2 aromatic carbocycles. The normalized spacial score (nSPS) is 10.8. The molecule has 1 N–H and O–H groups in total. The van der Waals surface area contributed by atoms with E-state index in [2.05, 4.69) is 15.4 Å². The Bertz CT molecular complexity index is 1220. The Morgan fingerprint density at radius 3 is 2.84 bits per heavy atom. The van der Waals surface area contributed by atoms with Crippen molar-refractivity contribution in [3.8, 4) is 5.75 Å². The van der Waals surface area contributed by atoms with Gasteiger partial charge in [-0.05, 0) is 36.8 Å². The van der Waals surface area contributed by atoms with Gasteiger partial charge in [0.15, 0.2) is 17.3 Å². The predicted octanol–water partition coefficient (Wildman–Crippen LogP) is 4.34. The fourth-order valence-electron chi connectivity index (χ4n) is 2.91. The molecule has 2 heterocycles. The predicted molar refractivity (Wildman–Crippen MR) is 108 cm³/mol. The highest BCUT2D eigenvalue weighted by Gasteiger charge is 2.15. The lowest BCUT2D eigenvalue weighted by Gasteiger charge is -2.05. The summed E-state index contributed by atoms with van der Waals surface area (Å²) in [6, 6.07) is 14.0. The van der Waals surface area contributed by atoms with Crippen LogP contribution < -0.4 is 10.1 Å². The van der Waals surface area contributed by atoms with Crippen LogP contribution in [0, 0.1) is 18.6 Å². The van der Waals surface area contributed by atoms with Crippen LogP contribution in [0.1, 0.15) is 27.4 Å². The molecule has 0 radical (unpaired) electrons. The maximum atomic E-state index is 13.6. The summed E-state index contributed by atoms with van der Waals surface area (Å²) in [6.45, 7) is 2.40. The number of hydrogen-bond donors (Lipinski definition) is 1. The average molecular weight is 424 g/mol. The topological polar surface area (TPSA) is 82.2 Å². The number of aryl methyl sites for hydroxylation is 1. The molecule has 0 aliphatic carbocycles. The van der Waals surface area contributed by atoms with Crippen molar-refractivity contribution in [2.24, 2.45) is 0 Å². The second kappa shape index (κ2) is 8.78. The van der Waals surface area contributed by atoms with Gasteiger partial charge in [0.1, 0.15) is 24.5 Å². The van der Waals surface area contributed by atoms with Crippen LogP contribution in [0.4, 0.5) is 14.7 Å². The van der Waals surface area contributed by atoms with E-state index in [9.17, 15) is 13.6 Å². The van der Waals surface area contributed by atoms with Crippen LogP contribution in [0.2, 0.25) is 0 Å². The molecule has 0 atom stereocenters. The van der Waals surface area contributed by atoms with Crippen LogP contribution >= 0.6 is 0 Å². The first-order valence-corrected chi connectivity index (χ1v) is 9.39. The van der Waals surface area contributed by atoms with E-state index in [1.54, 1.807) is 4.68 Å². The van der Waals surface area contributed by atoms with Crippen molar-refractivity contribution < 1.29 is 22.7 Å². The minimum Gasteiger partial charge on any atom is -0.483 e. The first-order valence-electron chi connectivity index (χ1n) is 9.39. The van der Waals surface area contributed by atoms with Crippen molar-refractivity contribution in [3.63, 3.8) is 0 Å². The van der Waals surface area contributed by atoms with Crippen LogP contribution in [0.3, 0.4) is 0 Å². The number of furan rings is 1. The number of ether oxygens (including phenoxy) is 1. The summed E-state index contributed by atoms with van der Waals surface area (Å²) < 4.78 is 38.8. The Kier molecular flexibility index (Phi) is 5.74. The molecule has 0 saturated carbocycles.